The normalized spacial score (nSPS) is 15.1. The number of piperazine rings is 1. The molecule has 1 aliphatic heterocycles. The van der Waals surface area contributed by atoms with Crippen molar-refractivity contribution in [3.05, 3.63) is 32.3 Å². The standard InChI is InChI=1S/C14H14BrCl2N3.ClH/c1-8-13(15)14(20-4-2-18-3-5-20)12-10(17)6-9(16)7-11(12)19-8;/h6-7,18H,2-5H2,1H3;1H. The molecule has 21 heavy (non-hydrogen) atoms. The Morgan fingerprint density at radius 1 is 1.24 bits per heavy atom. The van der Waals surface area contributed by atoms with Crippen molar-refractivity contribution in [3.8, 4) is 0 Å². The third kappa shape index (κ3) is 3.25. The number of anilines is 1. The van der Waals surface area contributed by atoms with Gasteiger partial charge in [-0.3, -0.25) is 4.98 Å². The molecule has 0 amide bonds. The Morgan fingerprint density at radius 2 is 1.90 bits per heavy atom. The lowest BCUT2D eigenvalue weighted by molar-refractivity contribution is 0.589. The highest BCUT2D eigenvalue weighted by atomic mass is 79.9. The van der Waals surface area contributed by atoms with Crippen molar-refractivity contribution in [1.29, 1.82) is 0 Å². The van der Waals surface area contributed by atoms with Crippen LogP contribution in [0.5, 0.6) is 0 Å². The molecule has 0 bridgehead atoms. The van der Waals surface area contributed by atoms with Gasteiger partial charge in [0.05, 0.1) is 26.4 Å². The number of nitrogens with zero attached hydrogens (tertiary/aromatic N) is 2. The topological polar surface area (TPSA) is 28.2 Å². The van der Waals surface area contributed by atoms with E-state index in [1.807, 2.05) is 13.0 Å². The molecule has 1 fully saturated rings. The summed E-state index contributed by atoms with van der Waals surface area (Å²) in [6, 6.07) is 3.65. The summed E-state index contributed by atoms with van der Waals surface area (Å²) in [7, 11) is 0. The van der Waals surface area contributed by atoms with Gasteiger partial charge in [0, 0.05) is 36.6 Å². The number of aryl methyl sites for hydroxylation is 1. The van der Waals surface area contributed by atoms with E-state index in [9.17, 15) is 0 Å². The fourth-order valence-electron chi connectivity index (χ4n) is 2.58. The zero-order valence-corrected chi connectivity index (χ0v) is 15.3. The average molecular weight is 412 g/mol. The monoisotopic (exact) mass is 409 g/mol. The summed E-state index contributed by atoms with van der Waals surface area (Å²) in [6.45, 7) is 5.84. The van der Waals surface area contributed by atoms with E-state index in [-0.39, 0.29) is 12.4 Å². The quantitative estimate of drug-likeness (QED) is 0.752. The Morgan fingerprint density at radius 3 is 2.57 bits per heavy atom. The Bertz CT molecular complexity index is 672. The number of halogens is 4. The molecule has 0 atom stereocenters. The number of nitrogens with one attached hydrogen (secondary N) is 1. The summed E-state index contributed by atoms with van der Waals surface area (Å²) < 4.78 is 1.01. The van der Waals surface area contributed by atoms with Gasteiger partial charge < -0.3 is 10.2 Å². The minimum Gasteiger partial charge on any atom is -0.367 e. The fraction of sp³-hybridized carbons (Fsp3) is 0.357. The summed E-state index contributed by atoms with van der Waals surface area (Å²) in [6.07, 6.45) is 0. The number of pyridine rings is 1. The first-order valence-electron chi connectivity index (χ1n) is 6.48. The lowest BCUT2D eigenvalue weighted by Gasteiger charge is -2.31. The third-order valence-electron chi connectivity index (χ3n) is 3.52. The second kappa shape index (κ2) is 6.88. The van der Waals surface area contributed by atoms with Gasteiger partial charge in [0.25, 0.3) is 0 Å². The van der Waals surface area contributed by atoms with Gasteiger partial charge in [-0.1, -0.05) is 23.2 Å². The first-order chi connectivity index (χ1) is 9.58. The molecule has 0 saturated carbocycles. The van der Waals surface area contributed by atoms with Crippen LogP contribution >= 0.6 is 51.5 Å². The van der Waals surface area contributed by atoms with E-state index in [0.29, 0.717) is 10.0 Å². The smallest absolute Gasteiger partial charge is 0.0756 e. The Hall–Kier alpha value is -0.260. The van der Waals surface area contributed by atoms with Crippen molar-refractivity contribution in [2.45, 2.75) is 6.92 Å². The van der Waals surface area contributed by atoms with Gasteiger partial charge in [-0.25, -0.2) is 0 Å². The zero-order chi connectivity index (χ0) is 14.3. The number of aromatic nitrogens is 1. The lowest BCUT2D eigenvalue weighted by atomic mass is 10.1. The van der Waals surface area contributed by atoms with Crippen LogP contribution in [0.2, 0.25) is 10.0 Å². The maximum Gasteiger partial charge on any atom is 0.0756 e. The maximum absolute atomic E-state index is 6.42. The van der Waals surface area contributed by atoms with E-state index in [2.05, 4.69) is 31.1 Å². The zero-order valence-electron chi connectivity index (χ0n) is 11.4. The summed E-state index contributed by atoms with van der Waals surface area (Å²) in [5, 5.41) is 5.59. The highest BCUT2D eigenvalue weighted by molar-refractivity contribution is 9.10. The van der Waals surface area contributed by atoms with Crippen LogP contribution in [0.25, 0.3) is 10.9 Å². The second-order valence-corrected chi connectivity index (χ2v) is 6.52. The predicted octanol–water partition coefficient (Wildman–Crippen LogP) is 4.44. The molecule has 1 N–H and O–H groups in total. The van der Waals surface area contributed by atoms with Crippen LogP contribution in [0.4, 0.5) is 5.69 Å². The van der Waals surface area contributed by atoms with Crippen LogP contribution < -0.4 is 10.2 Å². The molecule has 1 saturated heterocycles. The Labute approximate surface area is 148 Å². The van der Waals surface area contributed by atoms with Crippen LogP contribution in [-0.4, -0.2) is 31.2 Å². The summed E-state index contributed by atoms with van der Waals surface area (Å²) in [4.78, 5) is 6.94. The summed E-state index contributed by atoms with van der Waals surface area (Å²) >= 11 is 16.2. The van der Waals surface area contributed by atoms with Crippen LogP contribution in [-0.2, 0) is 0 Å². The van der Waals surface area contributed by atoms with Crippen LogP contribution in [0.3, 0.4) is 0 Å². The summed E-state index contributed by atoms with van der Waals surface area (Å²) in [5.41, 5.74) is 2.91. The van der Waals surface area contributed by atoms with Crippen molar-refractivity contribution >= 4 is 68.1 Å². The molecule has 1 aromatic carbocycles. The van der Waals surface area contributed by atoms with Gasteiger partial charge in [0.2, 0.25) is 0 Å². The van der Waals surface area contributed by atoms with Gasteiger partial charge in [-0.2, -0.15) is 0 Å². The minimum absolute atomic E-state index is 0. The molecule has 3 rings (SSSR count). The molecule has 3 nitrogen and oxygen atoms in total. The van der Waals surface area contributed by atoms with E-state index in [4.69, 9.17) is 23.2 Å². The number of hydrogen-bond donors (Lipinski definition) is 1. The lowest BCUT2D eigenvalue weighted by Crippen LogP contribution is -2.43. The van der Waals surface area contributed by atoms with Gasteiger partial charge >= 0.3 is 0 Å². The molecule has 0 radical (unpaired) electrons. The van der Waals surface area contributed by atoms with E-state index in [0.717, 1.165) is 52.9 Å². The molecule has 7 heteroatoms. The first-order valence-corrected chi connectivity index (χ1v) is 8.03. The van der Waals surface area contributed by atoms with Crippen LogP contribution in [0.15, 0.2) is 16.6 Å². The minimum atomic E-state index is 0. The highest BCUT2D eigenvalue weighted by Crippen LogP contribution is 2.40. The largest absolute Gasteiger partial charge is 0.367 e. The van der Waals surface area contributed by atoms with Crippen molar-refractivity contribution in [2.75, 3.05) is 31.1 Å². The average Bonchev–Trinajstić information content (AvgIpc) is 2.42. The van der Waals surface area contributed by atoms with E-state index in [1.165, 1.54) is 0 Å². The van der Waals surface area contributed by atoms with Crippen LogP contribution in [0.1, 0.15) is 5.69 Å². The molecule has 1 aromatic heterocycles. The molecule has 2 heterocycles. The maximum atomic E-state index is 6.42. The number of rotatable bonds is 1. The molecule has 0 aliphatic carbocycles. The molecule has 0 unspecified atom stereocenters. The van der Waals surface area contributed by atoms with Crippen molar-refractivity contribution in [1.82, 2.24) is 10.3 Å². The highest BCUT2D eigenvalue weighted by Gasteiger charge is 2.20. The van der Waals surface area contributed by atoms with Gasteiger partial charge in [0.1, 0.15) is 0 Å². The number of benzene rings is 1. The number of fused-ring (bicyclic) bond motifs is 1. The third-order valence-corrected chi connectivity index (χ3v) is 4.98. The van der Waals surface area contributed by atoms with Crippen molar-refractivity contribution in [2.24, 2.45) is 0 Å². The van der Waals surface area contributed by atoms with Crippen molar-refractivity contribution < 1.29 is 0 Å². The predicted molar refractivity (Wildman–Crippen MR) is 96.5 cm³/mol. The molecule has 2 aromatic rings. The Balaban J connectivity index is 0.00000161. The van der Waals surface area contributed by atoms with Crippen molar-refractivity contribution in [3.63, 3.8) is 0 Å². The van der Waals surface area contributed by atoms with Gasteiger partial charge in [-0.15, -0.1) is 12.4 Å². The number of hydrogen-bond acceptors (Lipinski definition) is 3. The van der Waals surface area contributed by atoms with Crippen LogP contribution in [0, 0.1) is 6.92 Å². The van der Waals surface area contributed by atoms with E-state index in [1.54, 1.807) is 6.07 Å². The molecule has 1 aliphatic rings. The van der Waals surface area contributed by atoms with E-state index < -0.39 is 0 Å². The molecule has 114 valence electrons. The van der Waals surface area contributed by atoms with Gasteiger partial charge in [0.15, 0.2) is 0 Å². The molecular weight excluding hydrogens is 396 g/mol. The molecule has 0 spiro atoms. The Kier molecular flexibility index (Phi) is 5.60. The first kappa shape index (κ1) is 17.1. The van der Waals surface area contributed by atoms with Gasteiger partial charge in [-0.05, 0) is 35.0 Å². The molecular formula is C14H15BrCl3N3. The fourth-order valence-corrected chi connectivity index (χ4v) is 3.69. The SMILES string of the molecule is Cc1nc2cc(Cl)cc(Cl)c2c(N2CCNCC2)c1Br.Cl. The second-order valence-electron chi connectivity index (χ2n) is 4.88. The van der Waals surface area contributed by atoms with E-state index >= 15 is 0 Å². The summed E-state index contributed by atoms with van der Waals surface area (Å²) in [5.74, 6) is 0.